The summed E-state index contributed by atoms with van der Waals surface area (Å²) < 4.78 is 13.1. The molecular weight excluding hydrogens is 365 g/mol. The van der Waals surface area contributed by atoms with Crippen LogP contribution in [0.1, 0.15) is 37.7 Å². The molecule has 0 spiro atoms. The lowest BCUT2D eigenvalue weighted by Gasteiger charge is -2.28. The van der Waals surface area contributed by atoms with Crippen molar-refractivity contribution in [1.82, 2.24) is 9.91 Å². The van der Waals surface area contributed by atoms with Gasteiger partial charge in [-0.25, -0.2) is 14.2 Å². The van der Waals surface area contributed by atoms with E-state index < -0.39 is 17.9 Å². The fraction of sp³-hybridized carbons (Fsp3) is 0.500. The van der Waals surface area contributed by atoms with Crippen LogP contribution in [0.3, 0.4) is 0 Å². The van der Waals surface area contributed by atoms with Crippen LogP contribution in [-0.4, -0.2) is 51.1 Å². The van der Waals surface area contributed by atoms with Crippen LogP contribution >= 0.6 is 0 Å². The van der Waals surface area contributed by atoms with Crippen molar-refractivity contribution < 1.29 is 23.9 Å². The van der Waals surface area contributed by atoms with Gasteiger partial charge in [0.25, 0.3) is 5.91 Å². The van der Waals surface area contributed by atoms with Crippen LogP contribution in [0.5, 0.6) is 0 Å². The third-order valence-electron chi connectivity index (χ3n) is 6.00. The van der Waals surface area contributed by atoms with Gasteiger partial charge in [0.05, 0.1) is 6.54 Å². The van der Waals surface area contributed by atoms with Crippen LogP contribution in [-0.2, 0) is 20.9 Å². The Labute approximate surface area is 161 Å². The molecule has 2 fully saturated rings. The first-order chi connectivity index (χ1) is 13.4. The maximum atomic E-state index is 13.1. The van der Waals surface area contributed by atoms with E-state index in [2.05, 4.69) is 5.10 Å². The summed E-state index contributed by atoms with van der Waals surface area (Å²) in [5.74, 6) is -1.72. The molecule has 3 aliphatic rings. The number of carboxylic acids is 1. The van der Waals surface area contributed by atoms with Crippen molar-refractivity contribution in [2.24, 2.45) is 16.9 Å². The van der Waals surface area contributed by atoms with E-state index in [1.165, 1.54) is 22.0 Å². The quantitative estimate of drug-likeness (QED) is 0.856. The maximum Gasteiger partial charge on any atom is 0.326 e. The summed E-state index contributed by atoms with van der Waals surface area (Å²) >= 11 is 0. The molecule has 1 aliphatic carbocycles. The molecule has 0 bridgehead atoms. The Morgan fingerprint density at radius 2 is 1.93 bits per heavy atom. The highest BCUT2D eigenvalue weighted by molar-refractivity contribution is 6.39. The largest absolute Gasteiger partial charge is 0.480 e. The number of fused-ring (bicyclic) bond motifs is 1. The van der Waals surface area contributed by atoms with E-state index in [1.807, 2.05) is 0 Å². The monoisotopic (exact) mass is 387 g/mol. The average Bonchev–Trinajstić information content (AvgIpc) is 3.25. The molecule has 0 aromatic heterocycles. The predicted molar refractivity (Wildman–Crippen MR) is 97.6 cm³/mol. The molecule has 28 heavy (non-hydrogen) atoms. The molecule has 2 heterocycles. The third-order valence-corrected chi connectivity index (χ3v) is 6.00. The van der Waals surface area contributed by atoms with Crippen molar-refractivity contribution in [2.75, 3.05) is 6.54 Å². The molecule has 7 nitrogen and oxygen atoms in total. The SMILES string of the molecule is O=C(O)C1C2CCCC2CN1C(=O)C1=NN(Cc2ccc(F)cc2)C(=O)CC1. The van der Waals surface area contributed by atoms with Crippen molar-refractivity contribution in [1.29, 1.82) is 0 Å². The third kappa shape index (κ3) is 3.39. The molecule has 1 aromatic rings. The van der Waals surface area contributed by atoms with Crippen LogP contribution in [0.15, 0.2) is 29.4 Å². The van der Waals surface area contributed by atoms with Crippen LogP contribution in [0, 0.1) is 17.7 Å². The predicted octanol–water partition coefficient (Wildman–Crippen LogP) is 2.02. The van der Waals surface area contributed by atoms with Crippen LogP contribution in [0.2, 0.25) is 0 Å². The van der Waals surface area contributed by atoms with E-state index in [1.54, 1.807) is 12.1 Å². The van der Waals surface area contributed by atoms with Crippen LogP contribution < -0.4 is 0 Å². The number of rotatable bonds is 4. The summed E-state index contributed by atoms with van der Waals surface area (Å²) in [6.45, 7) is 0.578. The zero-order valence-corrected chi connectivity index (χ0v) is 15.4. The standard InChI is InChI=1S/C20H22FN3O4/c21-14-6-4-12(5-7-14)10-24-17(25)9-8-16(22-24)19(26)23-11-13-2-1-3-15(13)18(23)20(27)28/h4-7,13,15,18H,1-3,8-11H2,(H,27,28). The first kappa shape index (κ1) is 18.6. The molecule has 1 saturated heterocycles. The number of hydrogen-bond acceptors (Lipinski definition) is 4. The minimum atomic E-state index is -0.974. The highest BCUT2D eigenvalue weighted by Gasteiger charge is 2.50. The van der Waals surface area contributed by atoms with Gasteiger partial charge in [0.1, 0.15) is 17.6 Å². The van der Waals surface area contributed by atoms with Crippen molar-refractivity contribution in [3.63, 3.8) is 0 Å². The zero-order chi connectivity index (χ0) is 19.8. The molecule has 1 N–H and O–H groups in total. The number of nitrogens with zero attached hydrogens (tertiary/aromatic N) is 3. The van der Waals surface area contributed by atoms with E-state index in [0.717, 1.165) is 19.3 Å². The number of carbonyl (C=O) groups excluding carboxylic acids is 2. The number of benzene rings is 1. The normalized spacial score (nSPS) is 27.0. The van der Waals surface area contributed by atoms with Gasteiger partial charge in [0.15, 0.2) is 0 Å². The smallest absolute Gasteiger partial charge is 0.326 e. The Balaban J connectivity index is 1.53. The first-order valence-corrected chi connectivity index (χ1v) is 9.60. The van der Waals surface area contributed by atoms with Gasteiger partial charge < -0.3 is 10.0 Å². The van der Waals surface area contributed by atoms with Gasteiger partial charge in [0, 0.05) is 19.4 Å². The van der Waals surface area contributed by atoms with Gasteiger partial charge in [-0.3, -0.25) is 9.59 Å². The lowest BCUT2D eigenvalue weighted by atomic mass is 9.94. The van der Waals surface area contributed by atoms with E-state index in [4.69, 9.17) is 0 Å². The number of aliphatic carboxylic acids is 1. The summed E-state index contributed by atoms with van der Waals surface area (Å²) in [7, 11) is 0. The van der Waals surface area contributed by atoms with Crippen LogP contribution in [0.25, 0.3) is 0 Å². The van der Waals surface area contributed by atoms with Crippen molar-refractivity contribution in [2.45, 2.75) is 44.7 Å². The lowest BCUT2D eigenvalue weighted by Crippen LogP contribution is -2.47. The Morgan fingerprint density at radius 1 is 1.18 bits per heavy atom. The molecule has 4 rings (SSSR count). The fourth-order valence-electron chi connectivity index (χ4n) is 4.64. The fourth-order valence-corrected chi connectivity index (χ4v) is 4.64. The average molecular weight is 387 g/mol. The van der Waals surface area contributed by atoms with E-state index in [-0.39, 0.29) is 48.7 Å². The number of carbonyl (C=O) groups is 3. The summed E-state index contributed by atoms with van der Waals surface area (Å²) in [5, 5.41) is 15.1. The molecule has 148 valence electrons. The summed E-state index contributed by atoms with van der Waals surface area (Å²) in [5.41, 5.74) is 0.916. The number of hydrogen-bond donors (Lipinski definition) is 1. The number of likely N-dealkylation sites (tertiary alicyclic amines) is 1. The second kappa shape index (κ2) is 7.33. The highest BCUT2D eigenvalue weighted by Crippen LogP contribution is 2.42. The topological polar surface area (TPSA) is 90.3 Å². The minimum Gasteiger partial charge on any atom is -0.480 e. The molecule has 1 saturated carbocycles. The molecular formula is C20H22FN3O4. The van der Waals surface area contributed by atoms with Gasteiger partial charge >= 0.3 is 5.97 Å². The van der Waals surface area contributed by atoms with Gasteiger partial charge in [-0.05, 0) is 42.4 Å². The van der Waals surface area contributed by atoms with Gasteiger partial charge in [-0.1, -0.05) is 18.6 Å². The Kier molecular flexibility index (Phi) is 4.87. The van der Waals surface area contributed by atoms with Gasteiger partial charge in [-0.15, -0.1) is 0 Å². The van der Waals surface area contributed by atoms with Crippen molar-refractivity contribution in [3.05, 3.63) is 35.6 Å². The summed E-state index contributed by atoms with van der Waals surface area (Å²) in [6, 6.07) is 4.93. The van der Waals surface area contributed by atoms with Crippen molar-refractivity contribution >= 4 is 23.5 Å². The van der Waals surface area contributed by atoms with E-state index in [9.17, 15) is 23.9 Å². The van der Waals surface area contributed by atoms with E-state index in [0.29, 0.717) is 12.1 Å². The molecule has 2 amide bonds. The summed E-state index contributed by atoms with van der Waals surface area (Å²) in [4.78, 5) is 38.5. The minimum absolute atomic E-state index is 0.00240. The molecule has 3 unspecified atom stereocenters. The summed E-state index contributed by atoms with van der Waals surface area (Å²) in [6.07, 6.45) is 3.12. The maximum absolute atomic E-state index is 13.1. The van der Waals surface area contributed by atoms with Crippen molar-refractivity contribution in [3.8, 4) is 0 Å². The van der Waals surface area contributed by atoms with Crippen LogP contribution in [0.4, 0.5) is 4.39 Å². The highest BCUT2D eigenvalue weighted by atomic mass is 19.1. The second-order valence-electron chi connectivity index (χ2n) is 7.72. The van der Waals surface area contributed by atoms with E-state index >= 15 is 0 Å². The molecule has 8 heteroatoms. The number of amides is 2. The Bertz CT molecular complexity index is 838. The molecule has 0 radical (unpaired) electrons. The zero-order valence-electron chi connectivity index (χ0n) is 15.4. The lowest BCUT2D eigenvalue weighted by molar-refractivity contribution is -0.147. The van der Waals surface area contributed by atoms with Gasteiger partial charge in [-0.2, -0.15) is 5.10 Å². The molecule has 1 aromatic carbocycles. The first-order valence-electron chi connectivity index (χ1n) is 9.60. The number of carboxylic acid groups (broad SMARTS) is 1. The number of hydrazone groups is 1. The molecule has 3 atom stereocenters. The number of halogens is 1. The second-order valence-corrected chi connectivity index (χ2v) is 7.72. The Morgan fingerprint density at radius 3 is 2.64 bits per heavy atom. The molecule has 2 aliphatic heterocycles. The Hall–Kier alpha value is -2.77. The van der Waals surface area contributed by atoms with Gasteiger partial charge in [0.2, 0.25) is 5.91 Å².